The predicted octanol–water partition coefficient (Wildman–Crippen LogP) is 6.90. The minimum atomic E-state index is -1.99. The Labute approximate surface area is 229 Å². The summed E-state index contributed by atoms with van der Waals surface area (Å²) in [6.07, 6.45) is 16.0. The van der Waals surface area contributed by atoms with Crippen molar-refractivity contribution in [2.24, 2.45) is 5.41 Å². The lowest BCUT2D eigenvalue weighted by Crippen LogP contribution is -2.50. The first-order chi connectivity index (χ1) is 17.2. The summed E-state index contributed by atoms with van der Waals surface area (Å²) in [6, 6.07) is 0. The van der Waals surface area contributed by atoms with Crippen molar-refractivity contribution >= 4 is 25.6 Å². The lowest BCUT2D eigenvalue weighted by atomic mass is 9.79. The number of ether oxygens (including phenoxy) is 2. The van der Waals surface area contributed by atoms with Crippen molar-refractivity contribution in [2.75, 3.05) is 14.2 Å². The van der Waals surface area contributed by atoms with Gasteiger partial charge in [0.25, 0.3) is 0 Å². The van der Waals surface area contributed by atoms with Crippen LogP contribution < -0.4 is 0 Å². The van der Waals surface area contributed by atoms with Gasteiger partial charge in [-0.1, -0.05) is 83.2 Å². The van der Waals surface area contributed by atoms with Crippen molar-refractivity contribution in [1.29, 1.82) is 0 Å². The van der Waals surface area contributed by atoms with Crippen LogP contribution in [0.5, 0.6) is 0 Å². The van der Waals surface area contributed by atoms with Gasteiger partial charge < -0.3 is 19.0 Å². The molecule has 0 fully saturated rings. The molecule has 37 heavy (non-hydrogen) atoms. The van der Waals surface area contributed by atoms with Crippen LogP contribution in [0.1, 0.15) is 63.5 Å². The smallest absolute Gasteiger partial charge is 0.357 e. The van der Waals surface area contributed by atoms with E-state index in [0.29, 0.717) is 18.5 Å². The molecule has 208 valence electrons. The van der Waals surface area contributed by atoms with Gasteiger partial charge in [-0.3, -0.25) is 0 Å². The molecule has 0 amide bonds. The lowest BCUT2D eigenvalue weighted by molar-refractivity contribution is -0.0180. The lowest BCUT2D eigenvalue weighted by Gasteiger charge is -2.44. The first-order valence-electron chi connectivity index (χ1n) is 12.7. The van der Waals surface area contributed by atoms with Gasteiger partial charge in [0.1, 0.15) is 0 Å². The summed E-state index contributed by atoms with van der Waals surface area (Å²) in [4.78, 5) is 15.9. The van der Waals surface area contributed by atoms with Gasteiger partial charge in [0, 0.05) is 24.3 Å². The van der Waals surface area contributed by atoms with Crippen molar-refractivity contribution in [2.45, 2.75) is 90.8 Å². The molecule has 1 N–H and O–H groups in total. The van der Waals surface area contributed by atoms with Crippen LogP contribution in [-0.4, -0.2) is 56.9 Å². The molecular formula is C29H47NO5SSi. The molecule has 0 unspecified atom stereocenters. The maximum absolute atomic E-state index is 11.6. The van der Waals surface area contributed by atoms with E-state index in [1.54, 1.807) is 12.5 Å². The minimum absolute atomic E-state index is 0.0974. The first-order valence-corrected chi connectivity index (χ1v) is 16.5. The number of hydrogen-bond donors (Lipinski definition) is 1. The molecule has 0 saturated carbocycles. The molecule has 6 nitrogen and oxygen atoms in total. The Hall–Kier alpha value is -1.84. The molecule has 0 radical (unpaired) electrons. The topological polar surface area (TPSA) is 77.9 Å². The van der Waals surface area contributed by atoms with E-state index in [2.05, 4.69) is 58.8 Å². The molecule has 1 rings (SSSR count). The van der Waals surface area contributed by atoms with E-state index in [1.807, 2.05) is 49.5 Å². The number of esters is 1. The van der Waals surface area contributed by atoms with Gasteiger partial charge in [-0.25, -0.2) is 9.78 Å². The van der Waals surface area contributed by atoms with Crippen LogP contribution in [0.2, 0.25) is 18.1 Å². The molecule has 1 aromatic heterocycles. The van der Waals surface area contributed by atoms with Crippen molar-refractivity contribution < 1.29 is 23.8 Å². The summed E-state index contributed by atoms with van der Waals surface area (Å²) >= 11 is 1.41. The van der Waals surface area contributed by atoms with Gasteiger partial charge in [0.2, 0.25) is 0 Å². The van der Waals surface area contributed by atoms with Crippen molar-refractivity contribution in [3.8, 4) is 0 Å². The highest BCUT2D eigenvalue weighted by molar-refractivity contribution is 7.09. The van der Waals surface area contributed by atoms with E-state index in [1.165, 1.54) is 18.4 Å². The van der Waals surface area contributed by atoms with E-state index in [-0.39, 0.29) is 17.2 Å². The van der Waals surface area contributed by atoms with Gasteiger partial charge in [0.15, 0.2) is 14.0 Å². The SMILES string of the molecule is C/C=C/[C@H](O[Si](C)(C)C(C)(C)C)C(C)(C)[C@@H](O)C\C=C/C=C\C=C\[C@@H](Cc1nc(C(=O)OC)cs1)OC. The number of aliphatic hydroxyl groups excluding tert-OH is 1. The average Bonchev–Trinajstić information content (AvgIpc) is 3.29. The molecule has 0 aliphatic rings. The van der Waals surface area contributed by atoms with Crippen LogP contribution >= 0.6 is 11.3 Å². The van der Waals surface area contributed by atoms with Crippen LogP contribution in [-0.2, 0) is 20.3 Å². The number of carbonyl (C=O) groups is 1. The van der Waals surface area contributed by atoms with Crippen LogP contribution in [0.3, 0.4) is 0 Å². The normalized spacial score (nSPS) is 16.3. The summed E-state index contributed by atoms with van der Waals surface area (Å²) in [7, 11) is 0.997. The highest BCUT2D eigenvalue weighted by atomic mass is 32.1. The van der Waals surface area contributed by atoms with Crippen molar-refractivity contribution in [3.63, 3.8) is 0 Å². The summed E-state index contributed by atoms with van der Waals surface area (Å²) in [5, 5.41) is 13.6. The number of thiazole rings is 1. The molecule has 1 aromatic rings. The zero-order valence-corrected chi connectivity index (χ0v) is 26.1. The second-order valence-electron chi connectivity index (χ2n) is 11.2. The number of carbonyl (C=O) groups excluding carboxylic acids is 1. The van der Waals surface area contributed by atoms with Gasteiger partial charge >= 0.3 is 5.97 Å². The third-order valence-electron chi connectivity index (χ3n) is 6.97. The minimum Gasteiger partial charge on any atom is -0.464 e. The molecule has 0 spiro atoms. The molecule has 0 bridgehead atoms. The molecule has 1 heterocycles. The van der Waals surface area contributed by atoms with Gasteiger partial charge in [-0.2, -0.15) is 0 Å². The second-order valence-corrected chi connectivity index (χ2v) is 16.9. The van der Waals surface area contributed by atoms with Crippen molar-refractivity contribution in [3.05, 3.63) is 64.7 Å². The number of rotatable bonds is 14. The fourth-order valence-electron chi connectivity index (χ4n) is 3.21. The van der Waals surface area contributed by atoms with E-state index in [4.69, 9.17) is 13.9 Å². The Morgan fingerprint density at radius 3 is 2.32 bits per heavy atom. The van der Waals surface area contributed by atoms with E-state index >= 15 is 0 Å². The first kappa shape index (κ1) is 33.2. The quantitative estimate of drug-likeness (QED) is 0.118. The highest BCUT2D eigenvalue weighted by Gasteiger charge is 2.44. The Bertz CT molecular complexity index is 956. The molecule has 0 aliphatic carbocycles. The van der Waals surface area contributed by atoms with E-state index < -0.39 is 25.8 Å². The summed E-state index contributed by atoms with van der Waals surface area (Å²) in [5.74, 6) is -0.435. The van der Waals surface area contributed by atoms with Crippen LogP contribution in [0.15, 0.2) is 54.0 Å². The van der Waals surface area contributed by atoms with Crippen molar-refractivity contribution in [1.82, 2.24) is 4.98 Å². The Kier molecular flexibility index (Phi) is 13.4. The second kappa shape index (κ2) is 14.9. The van der Waals surface area contributed by atoms with Crippen LogP contribution in [0.25, 0.3) is 0 Å². The highest BCUT2D eigenvalue weighted by Crippen LogP contribution is 2.41. The van der Waals surface area contributed by atoms with Crippen LogP contribution in [0.4, 0.5) is 0 Å². The number of aliphatic hydroxyl groups is 1. The Balaban J connectivity index is 2.69. The van der Waals surface area contributed by atoms with E-state index in [0.717, 1.165) is 5.01 Å². The van der Waals surface area contributed by atoms with Gasteiger partial charge in [-0.15, -0.1) is 11.3 Å². The molecular weight excluding hydrogens is 502 g/mol. The molecule has 0 saturated heterocycles. The third-order valence-corrected chi connectivity index (χ3v) is 12.3. The molecule has 8 heteroatoms. The van der Waals surface area contributed by atoms with Gasteiger partial charge in [-0.05, 0) is 31.5 Å². The van der Waals surface area contributed by atoms with E-state index in [9.17, 15) is 9.90 Å². The molecule has 0 aliphatic heterocycles. The Morgan fingerprint density at radius 2 is 1.76 bits per heavy atom. The third kappa shape index (κ3) is 10.4. The number of nitrogens with zero attached hydrogens (tertiary/aromatic N) is 1. The predicted molar refractivity (Wildman–Crippen MR) is 157 cm³/mol. The summed E-state index contributed by atoms with van der Waals surface area (Å²) in [5.41, 5.74) is -0.120. The number of allylic oxidation sites excluding steroid dienone is 5. The maximum Gasteiger partial charge on any atom is 0.357 e. The number of hydrogen-bond acceptors (Lipinski definition) is 7. The Morgan fingerprint density at radius 1 is 1.11 bits per heavy atom. The molecule has 3 atom stereocenters. The standard InChI is InChI=1S/C29H47NO5SSi/c1-11-17-25(35-37(9,10)28(2,3)4)29(5,6)24(31)19-16-14-12-13-15-18-22(33-7)20-26-30-23(21-36-26)27(32)34-8/h11-18,21-22,24-25,31H,19-20H2,1-10H3/b13-12-,16-14-,17-11+,18-15+/t22-,24-,25-/m0/s1. The monoisotopic (exact) mass is 549 g/mol. The number of methoxy groups -OCH3 is 2. The molecule has 0 aromatic carbocycles. The fraction of sp³-hybridized carbons (Fsp3) is 0.586. The van der Waals surface area contributed by atoms with Crippen LogP contribution in [0, 0.1) is 5.41 Å². The zero-order valence-electron chi connectivity index (χ0n) is 24.3. The largest absolute Gasteiger partial charge is 0.464 e. The maximum atomic E-state index is 11.6. The summed E-state index contributed by atoms with van der Waals surface area (Å²) in [6.45, 7) is 17.3. The van der Waals surface area contributed by atoms with Gasteiger partial charge in [0.05, 0.1) is 30.4 Å². The number of aromatic nitrogens is 1. The summed E-state index contributed by atoms with van der Waals surface area (Å²) < 4.78 is 16.9. The fourth-order valence-corrected chi connectivity index (χ4v) is 5.39. The zero-order chi connectivity index (χ0) is 28.3. The average molecular weight is 550 g/mol.